The summed E-state index contributed by atoms with van der Waals surface area (Å²) in [6.07, 6.45) is 2.07. The van der Waals surface area contributed by atoms with Crippen LogP contribution in [0.4, 0.5) is 4.79 Å². The molecule has 2 aromatic heterocycles. The predicted molar refractivity (Wildman–Crippen MR) is 86.8 cm³/mol. The number of carbonyl (C=O) groups is 2. The molecular weight excluding hydrogens is 324 g/mol. The molecule has 2 aliphatic heterocycles. The fraction of sp³-hybridized carbons (Fsp3) is 0.529. The Labute approximate surface area is 144 Å². The number of carbonyl (C=O) groups excluding carboxylic acids is 2. The van der Waals surface area contributed by atoms with Gasteiger partial charge in [-0.25, -0.2) is 4.79 Å². The van der Waals surface area contributed by atoms with Crippen molar-refractivity contribution in [1.29, 1.82) is 0 Å². The van der Waals surface area contributed by atoms with Crippen LogP contribution in [0.15, 0.2) is 10.8 Å². The van der Waals surface area contributed by atoms with Crippen LogP contribution in [0.1, 0.15) is 37.6 Å². The summed E-state index contributed by atoms with van der Waals surface area (Å²) in [4.78, 5) is 26.2. The van der Waals surface area contributed by atoms with Crippen LogP contribution in [0.25, 0.3) is 11.4 Å². The average Bonchev–Trinajstić information content (AvgIpc) is 3.05. The number of hydrogen-bond donors (Lipinski definition) is 0. The van der Waals surface area contributed by atoms with E-state index in [1.807, 2.05) is 20.8 Å². The van der Waals surface area contributed by atoms with E-state index in [0.717, 1.165) is 22.5 Å². The highest BCUT2D eigenvalue weighted by atomic mass is 16.6. The molecular formula is C17H20N4O4. The van der Waals surface area contributed by atoms with Gasteiger partial charge < -0.3 is 14.2 Å². The van der Waals surface area contributed by atoms with Crippen LogP contribution in [0.5, 0.6) is 0 Å². The molecule has 0 atom stereocenters. The number of Topliss-reactive ketones (excluding diaryl/α,β-unsaturated/α-hetero) is 1. The van der Waals surface area contributed by atoms with Gasteiger partial charge in [-0.1, -0.05) is 5.16 Å². The van der Waals surface area contributed by atoms with Gasteiger partial charge in [-0.05, 0) is 20.8 Å². The average molecular weight is 344 g/mol. The summed E-state index contributed by atoms with van der Waals surface area (Å²) in [6.45, 7) is 6.68. The largest absolute Gasteiger partial charge is 0.444 e. The van der Waals surface area contributed by atoms with Crippen LogP contribution in [0.3, 0.4) is 0 Å². The monoisotopic (exact) mass is 344 g/mol. The molecule has 4 heterocycles. The minimum Gasteiger partial charge on any atom is -0.444 e. The zero-order valence-electron chi connectivity index (χ0n) is 14.5. The molecule has 0 saturated carbocycles. The molecule has 2 aromatic rings. The van der Waals surface area contributed by atoms with Crippen molar-refractivity contribution in [2.24, 2.45) is 0 Å². The minimum absolute atomic E-state index is 0.0621. The quantitative estimate of drug-likeness (QED) is 0.725. The second-order valence-electron chi connectivity index (χ2n) is 7.49. The lowest BCUT2D eigenvalue weighted by Gasteiger charge is -2.29. The molecule has 4 rings (SSSR count). The molecule has 8 nitrogen and oxygen atoms in total. The molecule has 0 spiro atoms. The van der Waals surface area contributed by atoms with Crippen molar-refractivity contribution >= 4 is 11.9 Å². The molecule has 0 bridgehead atoms. The Morgan fingerprint density at radius 3 is 2.88 bits per heavy atom. The smallest absolute Gasteiger partial charge is 0.410 e. The van der Waals surface area contributed by atoms with E-state index < -0.39 is 5.60 Å². The number of ether oxygens (including phenoxy) is 1. The normalized spacial score (nSPS) is 16.8. The maximum atomic E-state index is 12.4. The predicted octanol–water partition coefficient (Wildman–Crippen LogP) is 1.96. The first-order chi connectivity index (χ1) is 11.8. The number of rotatable bonds is 0. The topological polar surface area (TPSA) is 90.5 Å². The van der Waals surface area contributed by atoms with Gasteiger partial charge in [0.25, 0.3) is 0 Å². The number of nitrogens with zero attached hydrogens (tertiary/aromatic N) is 4. The second-order valence-corrected chi connectivity index (χ2v) is 7.49. The van der Waals surface area contributed by atoms with Gasteiger partial charge in [0.1, 0.15) is 24.1 Å². The highest BCUT2D eigenvalue weighted by Gasteiger charge is 2.34. The molecule has 8 heteroatoms. The van der Waals surface area contributed by atoms with Crippen LogP contribution < -0.4 is 0 Å². The van der Waals surface area contributed by atoms with E-state index in [0.29, 0.717) is 25.2 Å². The first kappa shape index (κ1) is 15.9. The highest BCUT2D eigenvalue weighted by Crippen LogP contribution is 2.34. The van der Waals surface area contributed by atoms with Crippen molar-refractivity contribution in [2.75, 3.05) is 6.54 Å². The molecule has 0 unspecified atom stereocenters. The third-order valence-electron chi connectivity index (χ3n) is 4.33. The number of aromatic nitrogens is 3. The van der Waals surface area contributed by atoms with Crippen molar-refractivity contribution in [3.8, 4) is 11.4 Å². The van der Waals surface area contributed by atoms with Gasteiger partial charge in [0.05, 0.1) is 17.9 Å². The van der Waals surface area contributed by atoms with E-state index in [2.05, 4.69) is 10.3 Å². The molecule has 132 valence electrons. The first-order valence-electron chi connectivity index (χ1n) is 8.33. The molecule has 0 aliphatic carbocycles. The molecule has 0 saturated heterocycles. The van der Waals surface area contributed by atoms with Gasteiger partial charge in [0.15, 0.2) is 5.78 Å². The second kappa shape index (κ2) is 5.44. The standard InChI is InChI=1S/C17H20N4O4/c1-17(2,3)25-16(23)20-5-4-13-12(8-20)15-14-10(9-24-19-14)6-11(22)7-21(15)18-13/h9H,4-8H2,1-3H3. The van der Waals surface area contributed by atoms with Gasteiger partial charge in [-0.15, -0.1) is 0 Å². The van der Waals surface area contributed by atoms with Crippen LogP contribution >= 0.6 is 0 Å². The van der Waals surface area contributed by atoms with E-state index in [-0.39, 0.29) is 24.8 Å². The van der Waals surface area contributed by atoms with Gasteiger partial charge in [-0.3, -0.25) is 9.48 Å². The first-order valence-corrected chi connectivity index (χ1v) is 8.33. The van der Waals surface area contributed by atoms with E-state index >= 15 is 0 Å². The molecule has 0 fully saturated rings. The number of ketones is 1. The van der Waals surface area contributed by atoms with Gasteiger partial charge in [0, 0.05) is 30.5 Å². The van der Waals surface area contributed by atoms with E-state index in [4.69, 9.17) is 9.26 Å². The lowest BCUT2D eigenvalue weighted by atomic mass is 10.0. The van der Waals surface area contributed by atoms with Crippen molar-refractivity contribution in [3.05, 3.63) is 23.1 Å². The third-order valence-corrected chi connectivity index (χ3v) is 4.33. The van der Waals surface area contributed by atoms with Crippen molar-refractivity contribution in [2.45, 2.75) is 52.3 Å². The van der Waals surface area contributed by atoms with Gasteiger partial charge in [-0.2, -0.15) is 5.10 Å². The van der Waals surface area contributed by atoms with Gasteiger partial charge >= 0.3 is 6.09 Å². The summed E-state index contributed by atoms with van der Waals surface area (Å²) in [6, 6.07) is 0. The summed E-state index contributed by atoms with van der Waals surface area (Å²) in [5.41, 5.74) is 3.46. The summed E-state index contributed by atoms with van der Waals surface area (Å²) in [7, 11) is 0. The number of fused-ring (bicyclic) bond motifs is 5. The lowest BCUT2D eigenvalue weighted by Crippen LogP contribution is -2.39. The third kappa shape index (κ3) is 2.81. The van der Waals surface area contributed by atoms with Crippen LogP contribution in [0, 0.1) is 0 Å². The Hall–Kier alpha value is -2.64. The maximum Gasteiger partial charge on any atom is 0.410 e. The van der Waals surface area contributed by atoms with E-state index in [1.54, 1.807) is 9.58 Å². The SMILES string of the molecule is CC(C)(C)OC(=O)N1CCc2nn3c(c2C1)-c1nocc1CC(=O)C3. The van der Waals surface area contributed by atoms with Crippen LogP contribution in [-0.2, 0) is 35.5 Å². The Balaban J connectivity index is 1.71. The molecule has 25 heavy (non-hydrogen) atoms. The Kier molecular flexibility index (Phi) is 3.45. The lowest BCUT2D eigenvalue weighted by molar-refractivity contribution is -0.119. The maximum absolute atomic E-state index is 12.4. The summed E-state index contributed by atoms with van der Waals surface area (Å²) >= 11 is 0. The molecule has 0 N–H and O–H groups in total. The Morgan fingerprint density at radius 2 is 2.12 bits per heavy atom. The summed E-state index contributed by atoms with van der Waals surface area (Å²) < 4.78 is 12.3. The van der Waals surface area contributed by atoms with Crippen molar-refractivity contribution in [1.82, 2.24) is 19.8 Å². The van der Waals surface area contributed by atoms with Crippen LogP contribution in [-0.4, -0.2) is 43.9 Å². The number of amides is 1. The molecule has 2 aliphatic rings. The summed E-state index contributed by atoms with van der Waals surface area (Å²) in [5, 5.41) is 8.66. The molecule has 1 amide bonds. The molecule has 0 aromatic carbocycles. The van der Waals surface area contributed by atoms with Crippen LogP contribution in [0.2, 0.25) is 0 Å². The highest BCUT2D eigenvalue weighted by molar-refractivity contribution is 5.85. The summed E-state index contributed by atoms with van der Waals surface area (Å²) in [5.74, 6) is 0.0621. The Bertz CT molecular complexity index is 859. The van der Waals surface area contributed by atoms with Crippen molar-refractivity contribution < 1.29 is 18.8 Å². The zero-order chi connectivity index (χ0) is 17.8. The zero-order valence-corrected chi connectivity index (χ0v) is 14.5. The van der Waals surface area contributed by atoms with E-state index in [9.17, 15) is 9.59 Å². The number of hydrogen-bond acceptors (Lipinski definition) is 6. The minimum atomic E-state index is -0.543. The molecule has 0 radical (unpaired) electrons. The fourth-order valence-corrected chi connectivity index (χ4v) is 3.30. The van der Waals surface area contributed by atoms with Crippen molar-refractivity contribution in [3.63, 3.8) is 0 Å². The fourth-order valence-electron chi connectivity index (χ4n) is 3.30. The Morgan fingerprint density at radius 1 is 1.32 bits per heavy atom. The van der Waals surface area contributed by atoms with Gasteiger partial charge in [0.2, 0.25) is 0 Å². The van der Waals surface area contributed by atoms with E-state index in [1.165, 1.54) is 6.26 Å².